The number of hydrogen-bond donors (Lipinski definition) is 1. The van der Waals surface area contributed by atoms with Crippen LogP contribution in [0.25, 0.3) is 0 Å². The fraction of sp³-hybridized carbons (Fsp3) is 0.267. The van der Waals surface area contributed by atoms with E-state index in [2.05, 4.69) is 4.98 Å². The average molecular weight is 287 g/mol. The number of nitrogens with zero attached hydrogens (tertiary/aromatic N) is 3. The normalized spacial score (nSPS) is 10.3. The first-order valence-electron chi connectivity index (χ1n) is 6.68. The van der Waals surface area contributed by atoms with Gasteiger partial charge in [-0.3, -0.25) is 14.6 Å². The lowest BCUT2D eigenvalue weighted by Gasteiger charge is -2.21. The molecule has 0 saturated carbocycles. The number of hydrogen-bond acceptors (Lipinski definition) is 3. The Morgan fingerprint density at radius 2 is 2.10 bits per heavy atom. The second-order valence-corrected chi connectivity index (χ2v) is 4.56. The average Bonchev–Trinajstić information content (AvgIpc) is 2.92. The van der Waals surface area contributed by atoms with Gasteiger partial charge in [0.1, 0.15) is 12.2 Å². The Labute approximate surface area is 122 Å². The lowest BCUT2D eigenvalue weighted by Crippen LogP contribution is -2.32. The lowest BCUT2D eigenvalue weighted by atomic mass is 10.3. The Morgan fingerprint density at radius 1 is 1.29 bits per heavy atom. The Kier molecular flexibility index (Phi) is 4.71. The highest BCUT2D eigenvalue weighted by atomic mass is 16.4. The van der Waals surface area contributed by atoms with Crippen molar-refractivity contribution >= 4 is 11.9 Å². The number of aromatic nitrogens is 2. The molecule has 2 aromatic rings. The number of rotatable bonds is 6. The molecule has 0 aliphatic rings. The van der Waals surface area contributed by atoms with E-state index in [9.17, 15) is 9.59 Å². The SMILES string of the molecule is CCN(Cc1ccccn1)C(=O)c1cccn1CC(=O)O. The first-order chi connectivity index (χ1) is 10.1. The van der Waals surface area contributed by atoms with Gasteiger partial charge in [0, 0.05) is 18.9 Å². The molecule has 2 aromatic heterocycles. The van der Waals surface area contributed by atoms with Crippen molar-refractivity contribution in [3.63, 3.8) is 0 Å². The first kappa shape index (κ1) is 14.8. The highest BCUT2D eigenvalue weighted by Crippen LogP contribution is 2.10. The summed E-state index contributed by atoms with van der Waals surface area (Å²) in [6.45, 7) is 2.57. The number of carboxylic acid groups (broad SMARTS) is 1. The molecular weight excluding hydrogens is 270 g/mol. The number of carbonyl (C=O) groups is 2. The lowest BCUT2D eigenvalue weighted by molar-refractivity contribution is -0.137. The van der Waals surface area contributed by atoms with E-state index in [0.717, 1.165) is 5.69 Å². The van der Waals surface area contributed by atoms with E-state index < -0.39 is 5.97 Å². The molecular formula is C15H17N3O3. The molecule has 0 aliphatic heterocycles. The summed E-state index contributed by atoms with van der Waals surface area (Å²) in [5.41, 5.74) is 1.17. The third-order valence-electron chi connectivity index (χ3n) is 3.10. The molecule has 0 bridgehead atoms. The predicted octanol–water partition coefficient (Wildman–Crippen LogP) is 1.63. The second kappa shape index (κ2) is 6.69. The van der Waals surface area contributed by atoms with Crippen LogP contribution in [0.15, 0.2) is 42.7 Å². The summed E-state index contributed by atoms with van der Waals surface area (Å²) in [4.78, 5) is 29.2. The molecule has 1 amide bonds. The van der Waals surface area contributed by atoms with Crippen molar-refractivity contribution in [3.05, 3.63) is 54.1 Å². The molecule has 0 aliphatic carbocycles. The molecule has 110 valence electrons. The number of amides is 1. The van der Waals surface area contributed by atoms with Crippen molar-refractivity contribution in [2.45, 2.75) is 20.0 Å². The van der Waals surface area contributed by atoms with Crippen LogP contribution in [0.5, 0.6) is 0 Å². The third kappa shape index (κ3) is 3.68. The summed E-state index contributed by atoms with van der Waals surface area (Å²) < 4.78 is 1.44. The molecule has 0 aromatic carbocycles. The van der Waals surface area contributed by atoms with Crippen LogP contribution < -0.4 is 0 Å². The number of aliphatic carboxylic acids is 1. The summed E-state index contributed by atoms with van der Waals surface area (Å²) in [6.07, 6.45) is 3.27. The fourth-order valence-electron chi connectivity index (χ4n) is 2.07. The van der Waals surface area contributed by atoms with Crippen LogP contribution >= 0.6 is 0 Å². The van der Waals surface area contributed by atoms with Crippen molar-refractivity contribution < 1.29 is 14.7 Å². The minimum absolute atomic E-state index is 0.200. The van der Waals surface area contributed by atoms with Crippen LogP contribution in [0.1, 0.15) is 23.1 Å². The van der Waals surface area contributed by atoms with Gasteiger partial charge in [0.15, 0.2) is 0 Å². The maximum atomic E-state index is 12.5. The Balaban J connectivity index is 2.17. The van der Waals surface area contributed by atoms with Gasteiger partial charge in [-0.05, 0) is 31.2 Å². The van der Waals surface area contributed by atoms with Crippen molar-refractivity contribution in [1.29, 1.82) is 0 Å². The molecule has 0 radical (unpaired) electrons. The Bertz CT molecular complexity index is 622. The molecule has 0 fully saturated rings. The van der Waals surface area contributed by atoms with Crippen LogP contribution in [0, 0.1) is 0 Å². The van der Waals surface area contributed by atoms with E-state index in [-0.39, 0.29) is 12.5 Å². The topological polar surface area (TPSA) is 75.4 Å². The summed E-state index contributed by atoms with van der Waals surface area (Å²) in [5.74, 6) is -1.18. The summed E-state index contributed by atoms with van der Waals surface area (Å²) >= 11 is 0. The second-order valence-electron chi connectivity index (χ2n) is 4.56. The van der Waals surface area contributed by atoms with Crippen LogP contribution in [0.3, 0.4) is 0 Å². The van der Waals surface area contributed by atoms with Crippen molar-refractivity contribution in [2.75, 3.05) is 6.54 Å². The van der Waals surface area contributed by atoms with Gasteiger partial charge in [-0.15, -0.1) is 0 Å². The predicted molar refractivity (Wildman–Crippen MR) is 76.7 cm³/mol. The molecule has 6 nitrogen and oxygen atoms in total. The van der Waals surface area contributed by atoms with Crippen LogP contribution in [0.2, 0.25) is 0 Å². The fourth-order valence-corrected chi connectivity index (χ4v) is 2.07. The van der Waals surface area contributed by atoms with E-state index in [0.29, 0.717) is 18.8 Å². The summed E-state index contributed by atoms with van der Waals surface area (Å²) in [5, 5.41) is 8.87. The molecule has 6 heteroatoms. The molecule has 1 N–H and O–H groups in total. The molecule has 2 rings (SSSR count). The van der Waals surface area contributed by atoms with E-state index in [1.54, 1.807) is 29.4 Å². The van der Waals surface area contributed by atoms with E-state index >= 15 is 0 Å². The van der Waals surface area contributed by atoms with Gasteiger partial charge in [0.25, 0.3) is 5.91 Å². The largest absolute Gasteiger partial charge is 0.480 e. The minimum atomic E-state index is -0.979. The molecule has 0 spiro atoms. The summed E-state index contributed by atoms with van der Waals surface area (Å²) in [7, 11) is 0. The van der Waals surface area contributed by atoms with Crippen LogP contribution in [-0.4, -0.2) is 38.0 Å². The van der Waals surface area contributed by atoms with Crippen LogP contribution in [-0.2, 0) is 17.9 Å². The molecule has 0 saturated heterocycles. The third-order valence-corrected chi connectivity index (χ3v) is 3.10. The number of carboxylic acids is 1. The zero-order valence-electron chi connectivity index (χ0n) is 11.8. The molecule has 0 atom stereocenters. The van der Waals surface area contributed by atoms with Gasteiger partial charge in [0.2, 0.25) is 0 Å². The van der Waals surface area contributed by atoms with Gasteiger partial charge in [-0.2, -0.15) is 0 Å². The quantitative estimate of drug-likeness (QED) is 0.876. The van der Waals surface area contributed by atoms with Gasteiger partial charge in [0.05, 0.1) is 12.2 Å². The van der Waals surface area contributed by atoms with Gasteiger partial charge < -0.3 is 14.6 Å². The Morgan fingerprint density at radius 3 is 2.71 bits per heavy atom. The smallest absolute Gasteiger partial charge is 0.323 e. The van der Waals surface area contributed by atoms with Crippen molar-refractivity contribution in [2.24, 2.45) is 0 Å². The molecule has 0 unspecified atom stereocenters. The highest BCUT2D eigenvalue weighted by molar-refractivity contribution is 5.93. The van der Waals surface area contributed by atoms with E-state index in [1.807, 2.05) is 25.1 Å². The molecule has 2 heterocycles. The summed E-state index contributed by atoms with van der Waals surface area (Å²) in [6, 6.07) is 8.84. The van der Waals surface area contributed by atoms with Gasteiger partial charge in [-0.1, -0.05) is 6.07 Å². The first-order valence-corrected chi connectivity index (χ1v) is 6.68. The number of pyridine rings is 1. The van der Waals surface area contributed by atoms with E-state index in [1.165, 1.54) is 4.57 Å². The maximum absolute atomic E-state index is 12.5. The molecule has 21 heavy (non-hydrogen) atoms. The standard InChI is InChI=1S/C15H17N3O3/c1-2-17(10-12-6-3-4-8-16-12)15(21)13-7-5-9-18(13)11-14(19)20/h3-9H,2,10-11H2,1H3,(H,19,20). The van der Waals surface area contributed by atoms with Crippen molar-refractivity contribution in [3.8, 4) is 0 Å². The van der Waals surface area contributed by atoms with E-state index in [4.69, 9.17) is 5.11 Å². The minimum Gasteiger partial charge on any atom is -0.480 e. The Hall–Kier alpha value is -2.63. The van der Waals surface area contributed by atoms with Crippen LogP contribution in [0.4, 0.5) is 0 Å². The zero-order valence-corrected chi connectivity index (χ0v) is 11.8. The zero-order chi connectivity index (χ0) is 15.2. The number of carbonyl (C=O) groups excluding carboxylic acids is 1. The van der Waals surface area contributed by atoms with Gasteiger partial charge >= 0.3 is 5.97 Å². The van der Waals surface area contributed by atoms with Crippen molar-refractivity contribution in [1.82, 2.24) is 14.5 Å². The highest BCUT2D eigenvalue weighted by Gasteiger charge is 2.19. The maximum Gasteiger partial charge on any atom is 0.323 e. The monoisotopic (exact) mass is 287 g/mol. The van der Waals surface area contributed by atoms with Gasteiger partial charge in [-0.25, -0.2) is 0 Å².